The lowest BCUT2D eigenvalue weighted by Crippen LogP contribution is -2.27. The quantitative estimate of drug-likeness (QED) is 0.743. The Balaban J connectivity index is 2.49. The minimum atomic E-state index is 0.574. The summed E-state index contributed by atoms with van der Waals surface area (Å²) in [5, 5.41) is 8.11. The third-order valence-electron chi connectivity index (χ3n) is 2.70. The number of hydrogen-bond donors (Lipinski definition) is 1. The molecule has 1 aromatic rings. The van der Waals surface area contributed by atoms with Crippen LogP contribution in [0.2, 0.25) is 0 Å². The van der Waals surface area contributed by atoms with E-state index >= 15 is 0 Å². The van der Waals surface area contributed by atoms with Gasteiger partial charge in [0.2, 0.25) is 0 Å². The van der Waals surface area contributed by atoms with Gasteiger partial charge in [-0.1, -0.05) is 12.1 Å². The van der Waals surface area contributed by atoms with E-state index in [1.165, 1.54) is 0 Å². The molecule has 0 aliphatic carbocycles. The topological polar surface area (TPSA) is 60.0 Å². The van der Waals surface area contributed by atoms with E-state index in [-0.39, 0.29) is 0 Å². The van der Waals surface area contributed by atoms with Crippen molar-refractivity contribution < 1.29 is 0 Å². The predicted octanol–water partition coefficient (Wildman–Crippen LogP) is 0.467. The van der Waals surface area contributed by atoms with Gasteiger partial charge in [0.1, 0.15) is 0 Å². The molecule has 2 N–H and O–H groups in total. The molecule has 0 saturated heterocycles. The van der Waals surface area contributed by atoms with Gasteiger partial charge in [-0.15, -0.1) is 5.10 Å². The van der Waals surface area contributed by atoms with Crippen LogP contribution in [0, 0.1) is 0 Å². The molecule has 0 amide bonds. The maximum absolute atomic E-state index is 5.44. The first-order valence-electron chi connectivity index (χ1n) is 5.46. The Morgan fingerprint density at radius 3 is 2.93 bits per heavy atom. The predicted molar refractivity (Wildman–Crippen MR) is 60.3 cm³/mol. The second-order valence-electron chi connectivity index (χ2n) is 3.93. The van der Waals surface area contributed by atoms with E-state index in [1.807, 2.05) is 6.20 Å². The van der Waals surface area contributed by atoms with Crippen LogP contribution in [0.1, 0.15) is 26.0 Å². The third-order valence-corrected chi connectivity index (χ3v) is 2.70. The SMILES string of the molecule is CCC(C)N(C)Cc1cn(CCN)nn1. The molecule has 0 bridgehead atoms. The molecule has 0 saturated carbocycles. The van der Waals surface area contributed by atoms with Crippen molar-refractivity contribution in [1.82, 2.24) is 19.9 Å². The maximum Gasteiger partial charge on any atom is 0.0967 e. The van der Waals surface area contributed by atoms with Crippen LogP contribution >= 0.6 is 0 Å². The van der Waals surface area contributed by atoms with Crippen molar-refractivity contribution in [3.05, 3.63) is 11.9 Å². The summed E-state index contributed by atoms with van der Waals surface area (Å²) in [6.45, 7) is 6.58. The Kier molecular flexibility index (Phi) is 4.71. The number of aromatic nitrogens is 3. The summed E-state index contributed by atoms with van der Waals surface area (Å²) in [6, 6.07) is 0.574. The molecule has 1 rings (SSSR count). The fraction of sp³-hybridized carbons (Fsp3) is 0.800. The number of nitrogens with two attached hydrogens (primary N) is 1. The van der Waals surface area contributed by atoms with Crippen LogP contribution in [-0.4, -0.2) is 39.5 Å². The van der Waals surface area contributed by atoms with Gasteiger partial charge in [-0.05, 0) is 20.4 Å². The van der Waals surface area contributed by atoms with Gasteiger partial charge in [0.15, 0.2) is 0 Å². The van der Waals surface area contributed by atoms with Crippen molar-refractivity contribution in [2.45, 2.75) is 39.4 Å². The molecule has 1 atom stereocenters. The number of hydrogen-bond acceptors (Lipinski definition) is 4. The van der Waals surface area contributed by atoms with Crippen molar-refractivity contribution >= 4 is 0 Å². The van der Waals surface area contributed by atoms with E-state index in [4.69, 9.17) is 5.73 Å². The molecule has 0 aliphatic heterocycles. The Morgan fingerprint density at radius 2 is 2.33 bits per heavy atom. The molecule has 1 unspecified atom stereocenters. The molecular weight excluding hydrogens is 190 g/mol. The van der Waals surface area contributed by atoms with Gasteiger partial charge in [0.25, 0.3) is 0 Å². The summed E-state index contributed by atoms with van der Waals surface area (Å²) in [6.07, 6.45) is 3.11. The van der Waals surface area contributed by atoms with Gasteiger partial charge in [-0.25, -0.2) is 0 Å². The molecule has 15 heavy (non-hydrogen) atoms. The highest BCUT2D eigenvalue weighted by molar-refractivity contribution is 4.92. The zero-order valence-electron chi connectivity index (χ0n) is 9.85. The molecule has 0 aliphatic rings. The zero-order chi connectivity index (χ0) is 11.3. The number of nitrogens with zero attached hydrogens (tertiary/aromatic N) is 4. The molecule has 5 heteroatoms. The van der Waals surface area contributed by atoms with E-state index in [9.17, 15) is 0 Å². The molecule has 0 fully saturated rings. The van der Waals surface area contributed by atoms with Crippen molar-refractivity contribution in [1.29, 1.82) is 0 Å². The van der Waals surface area contributed by atoms with Gasteiger partial charge in [-0.3, -0.25) is 9.58 Å². The van der Waals surface area contributed by atoms with Crippen molar-refractivity contribution in [2.75, 3.05) is 13.6 Å². The van der Waals surface area contributed by atoms with Crippen LogP contribution in [0.5, 0.6) is 0 Å². The summed E-state index contributed by atoms with van der Waals surface area (Å²) in [5.74, 6) is 0. The largest absolute Gasteiger partial charge is 0.329 e. The van der Waals surface area contributed by atoms with Crippen LogP contribution in [0.4, 0.5) is 0 Å². The van der Waals surface area contributed by atoms with Crippen molar-refractivity contribution in [3.8, 4) is 0 Å². The first-order chi connectivity index (χ1) is 7.17. The van der Waals surface area contributed by atoms with E-state index in [0.29, 0.717) is 12.6 Å². The summed E-state index contributed by atoms with van der Waals surface area (Å²) in [4.78, 5) is 2.27. The Labute approximate surface area is 91.2 Å². The van der Waals surface area contributed by atoms with Crippen LogP contribution < -0.4 is 5.73 Å². The third kappa shape index (κ3) is 3.60. The first kappa shape index (κ1) is 12.1. The minimum absolute atomic E-state index is 0.574. The van der Waals surface area contributed by atoms with Crippen molar-refractivity contribution in [2.24, 2.45) is 5.73 Å². The van der Waals surface area contributed by atoms with E-state index in [1.54, 1.807) is 4.68 Å². The van der Waals surface area contributed by atoms with E-state index in [2.05, 4.69) is 36.1 Å². The minimum Gasteiger partial charge on any atom is -0.329 e. The maximum atomic E-state index is 5.44. The van der Waals surface area contributed by atoms with E-state index < -0.39 is 0 Å². The van der Waals surface area contributed by atoms with Gasteiger partial charge in [0, 0.05) is 25.3 Å². The molecule has 0 spiro atoms. The summed E-state index contributed by atoms with van der Waals surface area (Å²) in [5.41, 5.74) is 6.45. The lowest BCUT2D eigenvalue weighted by molar-refractivity contribution is 0.241. The Bertz CT molecular complexity index is 283. The smallest absolute Gasteiger partial charge is 0.0967 e. The standard InChI is InChI=1S/C10H21N5/c1-4-9(2)14(3)7-10-8-15(6-5-11)13-12-10/h8-9H,4-7,11H2,1-3H3. The van der Waals surface area contributed by atoms with Crippen LogP contribution in [0.15, 0.2) is 6.20 Å². The average molecular weight is 211 g/mol. The fourth-order valence-electron chi connectivity index (χ4n) is 1.38. The molecule has 1 aromatic heterocycles. The van der Waals surface area contributed by atoms with Crippen molar-refractivity contribution in [3.63, 3.8) is 0 Å². The van der Waals surface area contributed by atoms with E-state index in [0.717, 1.165) is 25.2 Å². The second-order valence-corrected chi connectivity index (χ2v) is 3.93. The van der Waals surface area contributed by atoms with Gasteiger partial charge in [-0.2, -0.15) is 0 Å². The fourth-order valence-corrected chi connectivity index (χ4v) is 1.38. The highest BCUT2D eigenvalue weighted by Gasteiger charge is 2.09. The molecule has 0 radical (unpaired) electrons. The Morgan fingerprint density at radius 1 is 1.60 bits per heavy atom. The van der Waals surface area contributed by atoms with Gasteiger partial charge < -0.3 is 5.73 Å². The Hall–Kier alpha value is -0.940. The number of rotatable bonds is 6. The average Bonchev–Trinajstić information content (AvgIpc) is 2.65. The van der Waals surface area contributed by atoms with Crippen LogP contribution in [0.25, 0.3) is 0 Å². The highest BCUT2D eigenvalue weighted by Crippen LogP contribution is 2.05. The molecule has 1 heterocycles. The lowest BCUT2D eigenvalue weighted by atomic mass is 10.2. The highest BCUT2D eigenvalue weighted by atomic mass is 15.4. The summed E-state index contributed by atoms with van der Waals surface area (Å²) >= 11 is 0. The molecule has 0 aromatic carbocycles. The molecule has 86 valence electrons. The molecule has 5 nitrogen and oxygen atoms in total. The normalized spacial score (nSPS) is 13.4. The monoisotopic (exact) mass is 211 g/mol. The summed E-state index contributed by atoms with van der Waals surface area (Å²) < 4.78 is 1.79. The summed E-state index contributed by atoms with van der Waals surface area (Å²) in [7, 11) is 2.11. The molecular formula is C10H21N5. The second kappa shape index (κ2) is 5.82. The zero-order valence-corrected chi connectivity index (χ0v) is 9.85. The van der Waals surface area contributed by atoms with Gasteiger partial charge in [0.05, 0.1) is 12.2 Å². The van der Waals surface area contributed by atoms with Crippen LogP contribution in [-0.2, 0) is 13.1 Å². The van der Waals surface area contributed by atoms with Gasteiger partial charge >= 0.3 is 0 Å². The lowest BCUT2D eigenvalue weighted by Gasteiger charge is -2.21. The first-order valence-corrected chi connectivity index (χ1v) is 5.46. The van der Waals surface area contributed by atoms with Crippen LogP contribution in [0.3, 0.4) is 0 Å².